The van der Waals surface area contributed by atoms with Crippen molar-refractivity contribution in [1.29, 1.82) is 0 Å². The van der Waals surface area contributed by atoms with Gasteiger partial charge < -0.3 is 14.7 Å². The number of rotatable bonds is 6. The van der Waals surface area contributed by atoms with Crippen LogP contribution < -0.4 is 0 Å². The number of thiol groups is 1. The number of amides is 1. The lowest BCUT2D eigenvalue weighted by molar-refractivity contribution is -0.147. The predicted molar refractivity (Wildman–Crippen MR) is 65.5 cm³/mol. The zero-order chi connectivity index (χ0) is 12.8. The van der Waals surface area contributed by atoms with E-state index in [4.69, 9.17) is 9.84 Å². The molecule has 94 valence electrons. The number of β-lactam (4-membered cyclic amide) rings is 1. The Morgan fingerprint density at radius 3 is 2.71 bits per heavy atom. The summed E-state index contributed by atoms with van der Waals surface area (Å²) in [6, 6.07) is 0. The van der Waals surface area contributed by atoms with E-state index in [2.05, 4.69) is 19.2 Å². The molecule has 0 atom stereocenters. The van der Waals surface area contributed by atoms with Crippen LogP contribution in [0.4, 0.5) is 0 Å². The minimum absolute atomic E-state index is 0.0651. The molecule has 0 aromatic rings. The van der Waals surface area contributed by atoms with Gasteiger partial charge in [-0.1, -0.05) is 12.7 Å². The average Bonchev–Trinajstić information content (AvgIpc) is 2.34. The molecule has 1 amide bonds. The lowest BCUT2D eigenvalue weighted by Crippen LogP contribution is -2.46. The van der Waals surface area contributed by atoms with Crippen LogP contribution in [0, 0.1) is 0 Å². The summed E-state index contributed by atoms with van der Waals surface area (Å²) < 4.78 is 4.89. The number of carbonyl (C=O) groups excluding carboxylic acids is 2. The number of hydrogen-bond acceptors (Lipinski definition) is 5. The minimum Gasteiger partial charge on any atom is -0.457 e. The maximum absolute atomic E-state index is 11.8. The lowest BCUT2D eigenvalue weighted by Gasteiger charge is -2.32. The zero-order valence-corrected chi connectivity index (χ0v) is 10.3. The van der Waals surface area contributed by atoms with E-state index in [0.717, 1.165) is 0 Å². The molecule has 0 aromatic carbocycles. The highest BCUT2D eigenvalue weighted by Crippen LogP contribution is 2.21. The molecule has 0 saturated carbocycles. The van der Waals surface area contributed by atoms with E-state index in [1.54, 1.807) is 0 Å². The summed E-state index contributed by atoms with van der Waals surface area (Å²) in [6.07, 6.45) is 1.84. The Morgan fingerprint density at radius 2 is 2.35 bits per heavy atom. The molecule has 5 nitrogen and oxygen atoms in total. The van der Waals surface area contributed by atoms with Gasteiger partial charge in [0.25, 0.3) is 0 Å². The van der Waals surface area contributed by atoms with Crippen molar-refractivity contribution in [3.63, 3.8) is 0 Å². The van der Waals surface area contributed by atoms with Crippen LogP contribution in [0.2, 0.25) is 0 Å². The molecule has 0 spiro atoms. The molecule has 1 heterocycles. The van der Waals surface area contributed by atoms with Crippen molar-refractivity contribution >= 4 is 24.5 Å². The second-order valence-corrected chi connectivity index (χ2v) is 3.77. The van der Waals surface area contributed by atoms with Gasteiger partial charge in [-0.25, -0.2) is 4.79 Å². The molecular weight excluding hydrogens is 242 g/mol. The highest BCUT2D eigenvalue weighted by molar-refractivity contribution is 7.80. The summed E-state index contributed by atoms with van der Waals surface area (Å²) in [6.45, 7) is 3.64. The number of aliphatic hydroxyl groups excluding tert-OH is 1. The molecule has 17 heavy (non-hydrogen) atoms. The van der Waals surface area contributed by atoms with Crippen molar-refractivity contribution < 1.29 is 19.4 Å². The normalized spacial score (nSPS) is 16.1. The van der Waals surface area contributed by atoms with Gasteiger partial charge in [0.05, 0.1) is 6.61 Å². The van der Waals surface area contributed by atoms with Gasteiger partial charge in [-0.2, -0.15) is 12.6 Å². The van der Waals surface area contributed by atoms with Crippen molar-refractivity contribution in [1.82, 2.24) is 4.90 Å². The van der Waals surface area contributed by atoms with Crippen LogP contribution in [0.25, 0.3) is 0 Å². The van der Waals surface area contributed by atoms with Crippen LogP contribution >= 0.6 is 12.6 Å². The molecule has 6 heteroatoms. The van der Waals surface area contributed by atoms with E-state index in [0.29, 0.717) is 18.5 Å². The van der Waals surface area contributed by atoms with E-state index in [9.17, 15) is 9.59 Å². The number of esters is 1. The van der Waals surface area contributed by atoms with E-state index in [-0.39, 0.29) is 30.6 Å². The molecule has 0 aromatic heterocycles. The van der Waals surface area contributed by atoms with E-state index >= 15 is 0 Å². The molecule has 1 saturated heterocycles. The molecule has 1 aliphatic heterocycles. The summed E-state index contributed by atoms with van der Waals surface area (Å²) in [5.74, 6) is -0.585. The van der Waals surface area contributed by atoms with Crippen molar-refractivity contribution in [2.45, 2.75) is 6.42 Å². The van der Waals surface area contributed by atoms with Crippen LogP contribution in [-0.4, -0.2) is 47.4 Å². The highest BCUT2D eigenvalue weighted by atomic mass is 32.1. The van der Waals surface area contributed by atoms with Gasteiger partial charge in [0.15, 0.2) is 0 Å². The van der Waals surface area contributed by atoms with E-state index in [1.165, 1.54) is 11.0 Å². The van der Waals surface area contributed by atoms with Crippen LogP contribution in [0.15, 0.2) is 23.9 Å². The van der Waals surface area contributed by atoms with Gasteiger partial charge in [0, 0.05) is 18.7 Å². The molecule has 0 bridgehead atoms. The van der Waals surface area contributed by atoms with Crippen molar-refractivity contribution in [3.8, 4) is 0 Å². The fourth-order valence-electron chi connectivity index (χ4n) is 1.40. The second-order valence-electron chi connectivity index (χ2n) is 3.45. The molecule has 0 aliphatic carbocycles. The first-order chi connectivity index (χ1) is 8.15. The Morgan fingerprint density at radius 1 is 1.65 bits per heavy atom. The van der Waals surface area contributed by atoms with Gasteiger partial charge in [0.2, 0.25) is 5.91 Å². The summed E-state index contributed by atoms with van der Waals surface area (Å²) in [5.41, 5.74) is 0.496. The van der Waals surface area contributed by atoms with Gasteiger partial charge in [0.1, 0.15) is 12.3 Å². The zero-order valence-electron chi connectivity index (χ0n) is 9.39. The maximum atomic E-state index is 11.8. The first-order valence-corrected chi connectivity index (χ1v) is 5.81. The van der Waals surface area contributed by atoms with E-state index < -0.39 is 5.97 Å². The topological polar surface area (TPSA) is 66.8 Å². The van der Waals surface area contributed by atoms with Crippen LogP contribution in [0.1, 0.15) is 6.42 Å². The fraction of sp³-hybridized carbons (Fsp3) is 0.455. The minimum atomic E-state index is -0.629. The Bertz CT molecular complexity index is 358. The third-order valence-electron chi connectivity index (χ3n) is 2.36. The fourth-order valence-corrected chi connectivity index (χ4v) is 1.65. The molecule has 1 rings (SSSR count). The number of aliphatic hydroxyl groups is 1. The average molecular weight is 257 g/mol. The van der Waals surface area contributed by atoms with Crippen LogP contribution in [-0.2, 0) is 14.3 Å². The van der Waals surface area contributed by atoms with Crippen LogP contribution in [0.3, 0.4) is 0 Å². The lowest BCUT2D eigenvalue weighted by atomic mass is 10.1. The van der Waals surface area contributed by atoms with Gasteiger partial charge >= 0.3 is 5.97 Å². The molecular formula is C11H15NO4S. The van der Waals surface area contributed by atoms with Crippen molar-refractivity contribution in [3.05, 3.63) is 23.9 Å². The number of ether oxygens (including phenoxy) is 1. The molecule has 1 N–H and O–H groups in total. The monoisotopic (exact) mass is 257 g/mol. The number of carbonyl (C=O) groups is 2. The molecule has 1 aliphatic rings. The third-order valence-corrected chi connectivity index (χ3v) is 2.74. The number of likely N-dealkylation sites (tertiary alicyclic amines) is 1. The number of nitrogens with zero attached hydrogens (tertiary/aromatic N) is 1. The predicted octanol–water partition coefficient (Wildman–Crippen LogP) is 0.124. The van der Waals surface area contributed by atoms with Gasteiger partial charge in [-0.05, 0) is 5.57 Å². The Labute approximate surface area is 105 Å². The molecule has 0 unspecified atom stereocenters. The summed E-state index contributed by atoms with van der Waals surface area (Å²) in [5, 5.41) is 9.15. The molecule has 0 radical (unpaired) electrons. The maximum Gasteiger partial charge on any atom is 0.355 e. The van der Waals surface area contributed by atoms with E-state index in [1.807, 2.05) is 0 Å². The van der Waals surface area contributed by atoms with Gasteiger partial charge in [-0.15, -0.1) is 0 Å². The second kappa shape index (κ2) is 6.46. The van der Waals surface area contributed by atoms with Crippen molar-refractivity contribution in [2.75, 3.05) is 25.5 Å². The molecule has 1 fully saturated rings. The number of hydrogen-bond donors (Lipinski definition) is 2. The Hall–Kier alpha value is -1.27. The Kier molecular flexibility index (Phi) is 5.24. The highest BCUT2D eigenvalue weighted by Gasteiger charge is 2.33. The summed E-state index contributed by atoms with van der Waals surface area (Å²) in [4.78, 5) is 24.4. The summed E-state index contributed by atoms with van der Waals surface area (Å²) in [7, 11) is 0. The quantitative estimate of drug-likeness (QED) is 0.233. The summed E-state index contributed by atoms with van der Waals surface area (Å²) >= 11 is 4.02. The first kappa shape index (κ1) is 13.8. The standard InChI is InChI=1S/C11H15NO4S/c1-2-5-16-11(15)10(8(6-13)7-17)12-4-3-9(12)14/h2,13,17H,1,3-7H2/b10-8-. The smallest absolute Gasteiger partial charge is 0.355 e. The third kappa shape index (κ3) is 3.10. The van der Waals surface area contributed by atoms with Crippen molar-refractivity contribution in [2.24, 2.45) is 0 Å². The van der Waals surface area contributed by atoms with Crippen LogP contribution in [0.5, 0.6) is 0 Å². The van der Waals surface area contributed by atoms with Gasteiger partial charge in [-0.3, -0.25) is 4.79 Å². The Balaban J connectivity index is 2.93. The first-order valence-electron chi connectivity index (χ1n) is 5.17. The largest absolute Gasteiger partial charge is 0.457 e. The SMILES string of the molecule is C=CCOC(=O)/C(=C(\CO)CS)N1CCC1=O.